The summed E-state index contributed by atoms with van der Waals surface area (Å²) >= 11 is 19.7. The number of nitrogens with zero attached hydrogens (tertiary/aromatic N) is 18. The maximum atomic E-state index is 13.0. The number of piperazine rings is 3. The van der Waals surface area contributed by atoms with Gasteiger partial charge >= 0.3 is 18.1 Å². The molecule has 9 heterocycles. The second-order valence-corrected chi connectivity index (χ2v) is 31.6. The average molecular weight is 1660 g/mol. The molecule has 3 N–H and O–H groups in total. The van der Waals surface area contributed by atoms with Crippen LogP contribution in [0.4, 0.5) is 31.4 Å². The van der Waals surface area contributed by atoms with Crippen LogP contribution < -0.4 is 16.0 Å². The molecule has 3 fully saturated rings. The molecule has 0 spiro atoms. The molecule has 3 unspecified atom stereocenters. The molecule has 6 amide bonds. The lowest BCUT2D eigenvalue weighted by Gasteiger charge is -2.39. The molecule has 0 bridgehead atoms. The summed E-state index contributed by atoms with van der Waals surface area (Å²) in [7, 11) is 0. The van der Waals surface area contributed by atoms with Crippen LogP contribution in [0.1, 0.15) is 126 Å². The second kappa shape index (κ2) is 36.9. The van der Waals surface area contributed by atoms with Gasteiger partial charge in [0.05, 0.1) is 70.1 Å². The van der Waals surface area contributed by atoms with Crippen LogP contribution in [0.3, 0.4) is 0 Å². The number of amides is 6. The number of nitriles is 3. The molecule has 3 aliphatic carbocycles. The summed E-state index contributed by atoms with van der Waals surface area (Å²) in [6.07, 6.45) is 24.6. The van der Waals surface area contributed by atoms with Gasteiger partial charge in [0, 0.05) is 192 Å². The molecule has 0 radical (unpaired) electrons. The fraction of sp³-hybridized carbons (Fsp3) is 0.234. The third-order valence-corrected chi connectivity index (χ3v) is 23.7. The van der Waals surface area contributed by atoms with Crippen molar-refractivity contribution in [3.05, 3.63) is 336 Å². The molecule has 12 aromatic rings. The Balaban J connectivity index is 0.000000135. The summed E-state index contributed by atoms with van der Waals surface area (Å²) in [5.74, 6) is 2.94. The summed E-state index contributed by atoms with van der Waals surface area (Å²) < 4.78 is 6.47. The van der Waals surface area contributed by atoms with Crippen molar-refractivity contribution in [2.75, 3.05) is 94.5 Å². The largest absolute Gasteiger partial charge is 0.331 e. The first-order valence-electron chi connectivity index (χ1n) is 40.3. The number of imidazole rings is 3. The molecular formula is C94H86Cl3N21O3. The van der Waals surface area contributed by atoms with Crippen LogP contribution in [0.15, 0.2) is 220 Å². The van der Waals surface area contributed by atoms with Gasteiger partial charge in [-0.05, 0) is 226 Å². The van der Waals surface area contributed by atoms with Crippen LogP contribution in [0.5, 0.6) is 0 Å². The summed E-state index contributed by atoms with van der Waals surface area (Å²) in [6.45, 7) is 15.8. The van der Waals surface area contributed by atoms with E-state index in [0.717, 1.165) is 108 Å². The fourth-order valence-corrected chi connectivity index (χ4v) is 17.3. The summed E-state index contributed by atoms with van der Waals surface area (Å²) in [4.78, 5) is 79.7. The molecular weight excluding hydrogens is 1580 g/mol. The first kappa shape index (κ1) is 81.4. The quantitative estimate of drug-likeness (QED) is 0.0968. The lowest BCUT2D eigenvalue weighted by molar-refractivity contribution is 0.125. The van der Waals surface area contributed by atoms with Gasteiger partial charge in [-0.1, -0.05) is 78.1 Å². The zero-order chi connectivity index (χ0) is 83.6. The molecule has 606 valence electrons. The minimum absolute atomic E-state index is 0.0789. The van der Waals surface area contributed by atoms with Crippen molar-refractivity contribution in [1.29, 1.82) is 15.8 Å². The average Bonchev–Trinajstić information content (AvgIpc) is 1.66. The molecule has 121 heavy (non-hydrogen) atoms. The monoisotopic (exact) mass is 1660 g/mol. The molecule has 3 saturated heterocycles. The van der Waals surface area contributed by atoms with E-state index in [-0.39, 0.29) is 36.2 Å². The number of allylic oxidation sites excluding steroid dienone is 3. The van der Waals surface area contributed by atoms with E-state index in [1.165, 1.54) is 0 Å². The zero-order valence-corrected chi connectivity index (χ0v) is 69.2. The number of benzene rings is 6. The van der Waals surface area contributed by atoms with Crippen molar-refractivity contribution in [2.45, 2.75) is 65.0 Å². The van der Waals surface area contributed by atoms with Gasteiger partial charge in [-0.25, -0.2) is 29.3 Å². The van der Waals surface area contributed by atoms with Gasteiger partial charge < -0.3 is 44.4 Å². The van der Waals surface area contributed by atoms with E-state index in [9.17, 15) is 14.4 Å². The van der Waals surface area contributed by atoms with Crippen molar-refractivity contribution < 1.29 is 14.4 Å². The Hall–Kier alpha value is -13.4. The van der Waals surface area contributed by atoms with Crippen molar-refractivity contribution in [1.82, 2.24) is 73.0 Å². The molecule has 3 atom stereocenters. The highest BCUT2D eigenvalue weighted by Gasteiger charge is 2.38. The standard InChI is InChI=1S/C32H30ClN7O.2C31H28ClN7O/c1-2-29-35-12-13-40(29)21-24-18-23-4-3-11-36-30(23)31(27-10-7-25(33)19-28(24)27)38-14-16-39(17-15-38)32(41)37-26-8-5-22(20-34)6-9-26;2*1-21-34-11-12-39(21)20-24-17-23-3-2-10-35-29(23)30(27-9-6-25(32)18-28(24)27)37-13-15-38(16-14-37)31(40)36-26-7-4-22(19-33)5-8-26/h3-13,18-19,31H,2,14-17,21H2,1H3,(H,37,41);2*2-12,17-18,30H,13-16,20H2,1H3,(H,36,40). The number of carbonyl (C=O) groups is 3. The van der Waals surface area contributed by atoms with Gasteiger partial charge in [-0.3, -0.25) is 29.7 Å². The molecule has 24 nitrogen and oxygen atoms in total. The SMILES string of the molecule is CCc1nccn1CC1=Cc2cccnc2C(N2CCN(C(=O)Nc3ccc(C#N)cc3)CC2)c2ccc(Cl)cc21.Cc1nccn1CC1=Cc2cccnc2C(N2CCN(C(=O)Nc3ccc(C#N)cc3)CC2)c2ccc(Cl)cc21.Cc1nccn1CC1=Cc2cccnc2C(N2CCN(C(=O)Nc3ccc(C#N)cc3)CC2)c2ccc(Cl)cc21. The molecule has 3 aliphatic heterocycles. The van der Waals surface area contributed by atoms with Crippen LogP contribution in [-0.4, -0.2) is 170 Å². The normalized spacial score (nSPS) is 16.7. The number of urea groups is 3. The number of halogens is 3. The molecule has 27 heteroatoms. The second-order valence-electron chi connectivity index (χ2n) is 30.3. The highest BCUT2D eigenvalue weighted by Crippen LogP contribution is 2.45. The molecule has 6 aliphatic rings. The summed E-state index contributed by atoms with van der Waals surface area (Å²) in [6, 6.07) is 57.0. The maximum Gasteiger partial charge on any atom is 0.321 e. The van der Waals surface area contributed by atoms with Gasteiger partial charge in [0.25, 0.3) is 0 Å². The van der Waals surface area contributed by atoms with Gasteiger partial charge in [-0.15, -0.1) is 0 Å². The highest BCUT2D eigenvalue weighted by molar-refractivity contribution is 6.31. The zero-order valence-electron chi connectivity index (χ0n) is 67.0. The van der Waals surface area contributed by atoms with Crippen molar-refractivity contribution >= 4 is 105 Å². The van der Waals surface area contributed by atoms with E-state index < -0.39 is 0 Å². The predicted molar refractivity (Wildman–Crippen MR) is 472 cm³/mol. The van der Waals surface area contributed by atoms with Crippen LogP contribution in [-0.2, 0) is 26.1 Å². The van der Waals surface area contributed by atoms with E-state index in [2.05, 4.69) is 157 Å². The molecule has 6 aromatic carbocycles. The predicted octanol–water partition coefficient (Wildman–Crippen LogP) is 17.1. The number of nitrogens with one attached hydrogen (secondary N) is 3. The Kier molecular flexibility index (Phi) is 24.8. The Labute approximate surface area is 717 Å². The third-order valence-electron chi connectivity index (χ3n) is 23.0. The number of fused-ring (bicyclic) bond motifs is 6. The topological polar surface area (TPSA) is 270 Å². The van der Waals surface area contributed by atoms with E-state index in [1.807, 2.05) is 121 Å². The van der Waals surface area contributed by atoms with E-state index in [0.29, 0.717) is 147 Å². The van der Waals surface area contributed by atoms with Gasteiger partial charge in [0.1, 0.15) is 17.5 Å². The fourth-order valence-electron chi connectivity index (χ4n) is 16.7. The van der Waals surface area contributed by atoms with Crippen LogP contribution in [0.2, 0.25) is 15.1 Å². The first-order chi connectivity index (χ1) is 59.0. The Bertz CT molecular complexity index is 5820. The Morgan fingerprint density at radius 3 is 0.967 bits per heavy atom. The van der Waals surface area contributed by atoms with E-state index >= 15 is 0 Å². The highest BCUT2D eigenvalue weighted by atomic mass is 35.5. The van der Waals surface area contributed by atoms with Gasteiger partial charge in [0.2, 0.25) is 0 Å². The number of pyridine rings is 3. The number of carbonyl (C=O) groups excluding carboxylic acids is 3. The van der Waals surface area contributed by atoms with Crippen LogP contribution in [0.25, 0.3) is 34.9 Å². The number of rotatable bonds is 13. The van der Waals surface area contributed by atoms with Crippen molar-refractivity contribution in [2.24, 2.45) is 0 Å². The van der Waals surface area contributed by atoms with Crippen molar-refractivity contribution in [3.8, 4) is 18.2 Å². The van der Waals surface area contributed by atoms with Crippen LogP contribution in [0, 0.1) is 47.8 Å². The Morgan fingerprint density at radius 2 is 0.678 bits per heavy atom. The number of aromatic nitrogens is 9. The number of aryl methyl sites for hydroxylation is 3. The summed E-state index contributed by atoms with van der Waals surface area (Å²) in [5.41, 5.74) is 20.2. The molecule has 0 saturated carbocycles. The summed E-state index contributed by atoms with van der Waals surface area (Å²) in [5, 5.41) is 38.0. The maximum absolute atomic E-state index is 13.0. The van der Waals surface area contributed by atoms with Crippen LogP contribution >= 0.6 is 34.8 Å². The molecule has 6 aromatic heterocycles. The van der Waals surface area contributed by atoms with E-state index in [1.54, 1.807) is 72.8 Å². The van der Waals surface area contributed by atoms with Gasteiger partial charge in [0.15, 0.2) is 0 Å². The lowest BCUT2D eigenvalue weighted by Crippen LogP contribution is -2.51. The van der Waals surface area contributed by atoms with Gasteiger partial charge in [-0.2, -0.15) is 15.8 Å². The smallest absolute Gasteiger partial charge is 0.321 e. The minimum Gasteiger partial charge on any atom is -0.331 e. The Morgan fingerprint density at radius 1 is 0.380 bits per heavy atom. The lowest BCUT2D eigenvalue weighted by atomic mass is 9.93. The number of hydrogen-bond donors (Lipinski definition) is 3. The first-order valence-corrected chi connectivity index (χ1v) is 41.4. The number of hydrogen-bond acceptors (Lipinski definition) is 15. The minimum atomic E-state index is -0.143. The molecule has 18 rings (SSSR count). The van der Waals surface area contributed by atoms with E-state index in [4.69, 9.17) is 65.5 Å². The van der Waals surface area contributed by atoms with Crippen molar-refractivity contribution in [3.63, 3.8) is 0 Å². The number of anilines is 3. The third kappa shape index (κ3) is 18.3.